The van der Waals surface area contributed by atoms with Gasteiger partial charge in [-0.15, -0.1) is 0 Å². The van der Waals surface area contributed by atoms with Crippen molar-refractivity contribution in [2.75, 3.05) is 11.9 Å². The van der Waals surface area contributed by atoms with E-state index in [4.69, 9.17) is 0 Å². The molecule has 4 nitrogen and oxygen atoms in total. The van der Waals surface area contributed by atoms with Crippen LogP contribution >= 0.6 is 15.9 Å². The quantitative estimate of drug-likeness (QED) is 0.765. The van der Waals surface area contributed by atoms with Gasteiger partial charge in [0.1, 0.15) is 5.82 Å². The van der Waals surface area contributed by atoms with Crippen LogP contribution in [0.25, 0.3) is 6.08 Å². The van der Waals surface area contributed by atoms with Gasteiger partial charge >= 0.3 is 0 Å². The van der Waals surface area contributed by atoms with Crippen LogP contribution in [-0.4, -0.2) is 18.4 Å². The minimum Gasteiger partial charge on any atom is -0.343 e. The smallest absolute Gasteiger partial charge is 0.244 e. The Balaban J connectivity index is 1.82. The predicted molar refractivity (Wildman–Crippen MR) is 96.0 cm³/mol. The topological polar surface area (TPSA) is 58.2 Å². The lowest BCUT2D eigenvalue weighted by Gasteiger charge is -2.09. The van der Waals surface area contributed by atoms with Crippen molar-refractivity contribution in [2.24, 2.45) is 0 Å². The van der Waals surface area contributed by atoms with E-state index in [1.807, 2.05) is 19.1 Å². The largest absolute Gasteiger partial charge is 0.343 e. The molecule has 2 N–H and O–H groups in total. The molecule has 0 spiro atoms. The van der Waals surface area contributed by atoms with Crippen molar-refractivity contribution in [3.8, 4) is 0 Å². The summed E-state index contributed by atoms with van der Waals surface area (Å²) in [5.74, 6) is -1.05. The summed E-state index contributed by atoms with van der Waals surface area (Å²) < 4.78 is 13.7. The van der Waals surface area contributed by atoms with E-state index < -0.39 is 5.91 Å². The molecule has 0 aliphatic heterocycles. The molecule has 2 amide bonds. The normalized spacial score (nSPS) is 10.6. The van der Waals surface area contributed by atoms with Crippen molar-refractivity contribution in [1.29, 1.82) is 0 Å². The third-order valence-electron chi connectivity index (χ3n) is 3.18. The number of amides is 2. The van der Waals surface area contributed by atoms with Crippen LogP contribution in [-0.2, 0) is 9.59 Å². The molecule has 6 heteroatoms. The molecular weight excluding hydrogens is 375 g/mol. The zero-order valence-electron chi connectivity index (χ0n) is 13.0. The van der Waals surface area contributed by atoms with E-state index in [0.29, 0.717) is 11.3 Å². The number of nitrogens with one attached hydrogen (secondary N) is 2. The molecule has 2 aromatic rings. The number of rotatable bonds is 5. The molecule has 0 radical (unpaired) electrons. The summed E-state index contributed by atoms with van der Waals surface area (Å²) in [6.07, 6.45) is 2.84. The molecule has 0 aromatic heterocycles. The molecule has 0 atom stereocenters. The first-order valence-electron chi connectivity index (χ1n) is 7.21. The SMILES string of the molecule is Cc1cc(Br)ccc1NC(=O)CNC(=O)C=Cc1ccc(F)cc1. The van der Waals surface area contributed by atoms with E-state index in [9.17, 15) is 14.0 Å². The highest BCUT2D eigenvalue weighted by atomic mass is 79.9. The van der Waals surface area contributed by atoms with Crippen molar-refractivity contribution in [3.05, 3.63) is 70.0 Å². The Morgan fingerprint density at radius 3 is 2.54 bits per heavy atom. The van der Waals surface area contributed by atoms with Gasteiger partial charge in [-0.3, -0.25) is 9.59 Å². The number of hydrogen-bond donors (Lipinski definition) is 2. The zero-order valence-corrected chi connectivity index (χ0v) is 14.6. The highest BCUT2D eigenvalue weighted by Gasteiger charge is 2.06. The molecule has 0 heterocycles. The molecule has 0 bridgehead atoms. The molecule has 0 saturated heterocycles. The predicted octanol–water partition coefficient (Wildman–Crippen LogP) is 3.66. The van der Waals surface area contributed by atoms with Crippen molar-refractivity contribution in [2.45, 2.75) is 6.92 Å². The first-order valence-corrected chi connectivity index (χ1v) is 8.01. The van der Waals surface area contributed by atoms with Crippen LogP contribution in [0.4, 0.5) is 10.1 Å². The fourth-order valence-corrected chi connectivity index (χ4v) is 2.41. The number of aryl methyl sites for hydroxylation is 1. The summed E-state index contributed by atoms with van der Waals surface area (Å²) in [6, 6.07) is 11.2. The van der Waals surface area contributed by atoms with Crippen LogP contribution in [0, 0.1) is 12.7 Å². The number of hydrogen-bond acceptors (Lipinski definition) is 2. The molecule has 2 rings (SSSR count). The van der Waals surface area contributed by atoms with Crippen LogP contribution < -0.4 is 10.6 Å². The van der Waals surface area contributed by atoms with Gasteiger partial charge in [0, 0.05) is 16.2 Å². The molecule has 124 valence electrons. The van der Waals surface area contributed by atoms with Gasteiger partial charge in [-0.1, -0.05) is 28.1 Å². The summed E-state index contributed by atoms with van der Waals surface area (Å²) in [6.45, 7) is 1.74. The number of carbonyl (C=O) groups excluding carboxylic acids is 2. The van der Waals surface area contributed by atoms with Crippen molar-refractivity contribution < 1.29 is 14.0 Å². The van der Waals surface area contributed by atoms with Gasteiger partial charge in [0.05, 0.1) is 6.54 Å². The Kier molecular flexibility index (Phi) is 6.26. The Labute approximate surface area is 147 Å². The number of benzene rings is 2. The lowest BCUT2D eigenvalue weighted by Crippen LogP contribution is -2.31. The number of halogens is 2. The van der Waals surface area contributed by atoms with E-state index in [0.717, 1.165) is 10.0 Å². The third-order valence-corrected chi connectivity index (χ3v) is 3.68. The van der Waals surface area contributed by atoms with E-state index in [1.54, 1.807) is 24.3 Å². The van der Waals surface area contributed by atoms with Gasteiger partial charge in [-0.05, 0) is 54.5 Å². The fourth-order valence-electron chi connectivity index (χ4n) is 1.93. The second kappa shape index (κ2) is 8.40. The minimum atomic E-state index is -0.401. The van der Waals surface area contributed by atoms with Gasteiger partial charge in [0.15, 0.2) is 0 Å². The van der Waals surface area contributed by atoms with Crippen LogP contribution in [0.3, 0.4) is 0 Å². The Morgan fingerprint density at radius 1 is 1.17 bits per heavy atom. The first-order chi connectivity index (χ1) is 11.4. The molecular formula is C18H16BrFN2O2. The van der Waals surface area contributed by atoms with Crippen LogP contribution in [0.2, 0.25) is 0 Å². The monoisotopic (exact) mass is 390 g/mol. The maximum absolute atomic E-state index is 12.8. The summed E-state index contributed by atoms with van der Waals surface area (Å²) in [7, 11) is 0. The van der Waals surface area contributed by atoms with Crippen molar-refractivity contribution in [3.63, 3.8) is 0 Å². The van der Waals surface area contributed by atoms with E-state index in [2.05, 4.69) is 26.6 Å². The number of carbonyl (C=O) groups is 2. The average molecular weight is 391 g/mol. The lowest BCUT2D eigenvalue weighted by molar-refractivity contribution is -0.121. The maximum Gasteiger partial charge on any atom is 0.244 e. The van der Waals surface area contributed by atoms with Gasteiger partial charge in [0.25, 0.3) is 0 Å². The Hall–Kier alpha value is -2.47. The Bertz CT molecular complexity index is 773. The summed E-state index contributed by atoms with van der Waals surface area (Å²) in [5.41, 5.74) is 2.31. The summed E-state index contributed by atoms with van der Waals surface area (Å²) in [4.78, 5) is 23.6. The zero-order chi connectivity index (χ0) is 17.5. The standard InChI is InChI=1S/C18H16BrFN2O2/c1-12-10-14(19)5-8-16(12)22-18(24)11-21-17(23)9-4-13-2-6-15(20)7-3-13/h2-10H,11H2,1H3,(H,21,23)(H,22,24). The van der Waals surface area contributed by atoms with E-state index in [-0.39, 0.29) is 18.3 Å². The van der Waals surface area contributed by atoms with Gasteiger partial charge in [-0.25, -0.2) is 4.39 Å². The van der Waals surface area contributed by atoms with Crippen LogP contribution in [0.1, 0.15) is 11.1 Å². The average Bonchev–Trinajstić information content (AvgIpc) is 2.55. The highest BCUT2D eigenvalue weighted by Crippen LogP contribution is 2.19. The van der Waals surface area contributed by atoms with Crippen LogP contribution in [0.15, 0.2) is 53.0 Å². The van der Waals surface area contributed by atoms with Gasteiger partial charge < -0.3 is 10.6 Å². The molecule has 0 fully saturated rings. The van der Waals surface area contributed by atoms with E-state index in [1.165, 1.54) is 18.2 Å². The molecule has 0 aliphatic rings. The molecule has 0 unspecified atom stereocenters. The third kappa shape index (κ3) is 5.62. The van der Waals surface area contributed by atoms with Gasteiger partial charge in [0.2, 0.25) is 11.8 Å². The van der Waals surface area contributed by atoms with Gasteiger partial charge in [-0.2, -0.15) is 0 Å². The lowest BCUT2D eigenvalue weighted by atomic mass is 10.2. The fraction of sp³-hybridized carbons (Fsp3) is 0.111. The minimum absolute atomic E-state index is 0.137. The highest BCUT2D eigenvalue weighted by molar-refractivity contribution is 9.10. The van der Waals surface area contributed by atoms with Crippen molar-refractivity contribution in [1.82, 2.24) is 5.32 Å². The summed E-state index contributed by atoms with van der Waals surface area (Å²) >= 11 is 3.35. The van der Waals surface area contributed by atoms with Crippen molar-refractivity contribution >= 4 is 39.5 Å². The second-order valence-corrected chi connectivity index (χ2v) is 6.03. The summed E-state index contributed by atoms with van der Waals surface area (Å²) in [5, 5.41) is 5.23. The van der Waals surface area contributed by atoms with E-state index >= 15 is 0 Å². The molecule has 24 heavy (non-hydrogen) atoms. The number of anilines is 1. The molecule has 2 aromatic carbocycles. The molecule has 0 saturated carbocycles. The molecule has 0 aliphatic carbocycles. The Morgan fingerprint density at radius 2 is 1.88 bits per heavy atom. The second-order valence-electron chi connectivity index (χ2n) is 5.11. The van der Waals surface area contributed by atoms with Crippen LogP contribution in [0.5, 0.6) is 0 Å². The maximum atomic E-state index is 12.8. The first kappa shape index (κ1) is 17.9.